The van der Waals surface area contributed by atoms with Gasteiger partial charge in [-0.3, -0.25) is 0 Å². The van der Waals surface area contributed by atoms with E-state index < -0.39 is 0 Å². The number of guanidine groups is 1. The Hall–Kier alpha value is -1.82. The molecule has 1 aromatic rings. The van der Waals surface area contributed by atoms with E-state index in [2.05, 4.69) is 27.4 Å². The summed E-state index contributed by atoms with van der Waals surface area (Å²) < 4.78 is 19.3. The lowest BCUT2D eigenvalue weighted by Gasteiger charge is -2.39. The number of piperidine rings is 1. The lowest BCUT2D eigenvalue weighted by molar-refractivity contribution is 0.119. The van der Waals surface area contributed by atoms with E-state index in [1.165, 1.54) is 51.3 Å². The number of nitrogens with one attached hydrogen (secondary N) is 2. The van der Waals surface area contributed by atoms with Crippen LogP contribution in [-0.2, 0) is 6.54 Å². The van der Waals surface area contributed by atoms with Crippen molar-refractivity contribution in [3.05, 3.63) is 29.6 Å². The molecule has 5 nitrogen and oxygen atoms in total. The summed E-state index contributed by atoms with van der Waals surface area (Å²) >= 11 is 0. The van der Waals surface area contributed by atoms with Crippen LogP contribution in [0.5, 0.6) is 5.75 Å². The minimum Gasteiger partial charge on any atom is -0.491 e. The summed E-state index contributed by atoms with van der Waals surface area (Å²) in [6.45, 7) is 7.98. The largest absolute Gasteiger partial charge is 0.491 e. The average molecular weight is 405 g/mol. The van der Waals surface area contributed by atoms with Gasteiger partial charge >= 0.3 is 0 Å². The van der Waals surface area contributed by atoms with E-state index in [1.54, 1.807) is 6.07 Å². The molecule has 0 bridgehead atoms. The molecule has 2 aliphatic rings. The van der Waals surface area contributed by atoms with Crippen LogP contribution in [0.15, 0.2) is 23.2 Å². The minimum absolute atomic E-state index is 0.301. The van der Waals surface area contributed by atoms with Gasteiger partial charge in [0.05, 0.1) is 13.2 Å². The lowest BCUT2D eigenvalue weighted by Crippen LogP contribution is -2.50. The number of ether oxygens (including phenoxy) is 1. The predicted octanol–water partition coefficient (Wildman–Crippen LogP) is 4.08. The third kappa shape index (κ3) is 6.59. The van der Waals surface area contributed by atoms with E-state index in [0.717, 1.165) is 37.0 Å². The van der Waals surface area contributed by atoms with Crippen LogP contribution in [0.4, 0.5) is 4.39 Å². The van der Waals surface area contributed by atoms with Crippen LogP contribution in [0.1, 0.15) is 64.4 Å². The molecule has 6 heteroatoms. The van der Waals surface area contributed by atoms with Crippen molar-refractivity contribution in [1.29, 1.82) is 0 Å². The number of likely N-dealkylation sites (tertiary alicyclic amines) is 1. The standard InChI is InChI=1S/C23H37FN4O/c1-3-25-23(26-17-18-10-11-22(29-4-2)21(24)16-18)27-19-12-14-28(15-13-19)20-8-6-5-7-9-20/h10-11,16,19-20H,3-9,12-15,17H2,1-2H3,(H2,25,26,27). The molecule has 0 amide bonds. The van der Waals surface area contributed by atoms with Gasteiger partial charge in [-0.25, -0.2) is 9.38 Å². The van der Waals surface area contributed by atoms with Crippen molar-refractivity contribution in [1.82, 2.24) is 15.5 Å². The van der Waals surface area contributed by atoms with Crippen LogP contribution in [0.25, 0.3) is 0 Å². The van der Waals surface area contributed by atoms with Crippen molar-refractivity contribution in [2.45, 2.75) is 77.4 Å². The number of halogens is 1. The summed E-state index contributed by atoms with van der Waals surface area (Å²) in [6, 6.07) is 6.33. The molecule has 0 atom stereocenters. The summed E-state index contributed by atoms with van der Waals surface area (Å²) in [5.41, 5.74) is 0.843. The Bertz CT molecular complexity index is 652. The first-order valence-corrected chi connectivity index (χ1v) is 11.4. The van der Waals surface area contributed by atoms with Crippen molar-refractivity contribution in [3.8, 4) is 5.75 Å². The highest BCUT2D eigenvalue weighted by atomic mass is 19.1. The fraction of sp³-hybridized carbons (Fsp3) is 0.696. The van der Waals surface area contributed by atoms with Crippen molar-refractivity contribution >= 4 is 5.96 Å². The molecule has 0 radical (unpaired) electrons. The fourth-order valence-electron chi connectivity index (χ4n) is 4.45. The summed E-state index contributed by atoms with van der Waals surface area (Å²) in [4.78, 5) is 7.38. The number of aliphatic imine (C=N–C) groups is 1. The maximum atomic E-state index is 14.1. The summed E-state index contributed by atoms with van der Waals surface area (Å²) in [5.74, 6) is 0.792. The van der Waals surface area contributed by atoms with E-state index >= 15 is 0 Å². The highest BCUT2D eigenvalue weighted by Crippen LogP contribution is 2.25. The van der Waals surface area contributed by atoms with Crippen LogP contribution in [0.3, 0.4) is 0 Å². The Morgan fingerprint density at radius 3 is 2.55 bits per heavy atom. The first-order chi connectivity index (χ1) is 14.2. The monoisotopic (exact) mass is 404 g/mol. The SMILES string of the molecule is CCNC(=NCc1ccc(OCC)c(F)c1)NC1CCN(C2CCCCC2)CC1. The molecule has 1 aromatic carbocycles. The van der Waals surface area contributed by atoms with Gasteiger partial charge < -0.3 is 20.3 Å². The smallest absolute Gasteiger partial charge is 0.191 e. The molecule has 1 aliphatic carbocycles. The first kappa shape index (κ1) is 21.9. The van der Waals surface area contributed by atoms with Crippen LogP contribution in [0.2, 0.25) is 0 Å². The molecule has 3 rings (SSSR count). The first-order valence-electron chi connectivity index (χ1n) is 11.4. The molecule has 0 unspecified atom stereocenters. The molecule has 1 heterocycles. The van der Waals surface area contributed by atoms with Crippen LogP contribution in [-0.4, -0.2) is 49.2 Å². The molecular formula is C23H37FN4O. The van der Waals surface area contributed by atoms with Gasteiger partial charge in [0.25, 0.3) is 0 Å². The second-order valence-electron chi connectivity index (χ2n) is 8.14. The molecular weight excluding hydrogens is 367 g/mol. The van der Waals surface area contributed by atoms with Gasteiger partial charge in [0.15, 0.2) is 17.5 Å². The predicted molar refractivity (Wildman–Crippen MR) is 117 cm³/mol. The van der Waals surface area contributed by atoms with Crippen molar-refractivity contribution in [3.63, 3.8) is 0 Å². The Balaban J connectivity index is 1.51. The number of hydrogen-bond donors (Lipinski definition) is 2. The maximum absolute atomic E-state index is 14.1. The fourth-order valence-corrected chi connectivity index (χ4v) is 4.45. The zero-order chi connectivity index (χ0) is 20.5. The van der Waals surface area contributed by atoms with Gasteiger partial charge in [-0.1, -0.05) is 25.3 Å². The molecule has 1 saturated heterocycles. The molecule has 1 aliphatic heterocycles. The highest BCUT2D eigenvalue weighted by molar-refractivity contribution is 5.80. The van der Waals surface area contributed by atoms with Crippen molar-refractivity contribution in [2.24, 2.45) is 4.99 Å². The van der Waals surface area contributed by atoms with Gasteiger partial charge in [0, 0.05) is 31.7 Å². The van der Waals surface area contributed by atoms with Crippen molar-refractivity contribution < 1.29 is 9.13 Å². The van der Waals surface area contributed by atoms with E-state index in [1.807, 2.05) is 13.0 Å². The molecule has 0 spiro atoms. The third-order valence-electron chi connectivity index (χ3n) is 6.02. The van der Waals surface area contributed by atoms with Gasteiger partial charge in [-0.2, -0.15) is 0 Å². The topological polar surface area (TPSA) is 48.9 Å². The number of rotatable bonds is 7. The van der Waals surface area contributed by atoms with Crippen LogP contribution >= 0.6 is 0 Å². The van der Waals surface area contributed by atoms with Crippen molar-refractivity contribution in [2.75, 3.05) is 26.2 Å². The molecule has 1 saturated carbocycles. The lowest BCUT2D eigenvalue weighted by atomic mass is 9.92. The molecule has 0 aromatic heterocycles. The van der Waals surface area contributed by atoms with Crippen LogP contribution in [0, 0.1) is 5.82 Å². The van der Waals surface area contributed by atoms with Gasteiger partial charge in [-0.15, -0.1) is 0 Å². The van der Waals surface area contributed by atoms with Gasteiger partial charge in [0.2, 0.25) is 0 Å². The molecule has 2 N–H and O–H groups in total. The summed E-state index contributed by atoms with van der Waals surface area (Å²) in [7, 11) is 0. The molecule has 2 fully saturated rings. The van der Waals surface area contributed by atoms with E-state index in [4.69, 9.17) is 4.74 Å². The van der Waals surface area contributed by atoms with E-state index in [0.29, 0.717) is 24.9 Å². The molecule has 29 heavy (non-hydrogen) atoms. The number of nitrogens with zero attached hydrogens (tertiary/aromatic N) is 2. The second-order valence-corrected chi connectivity index (χ2v) is 8.14. The van der Waals surface area contributed by atoms with Gasteiger partial charge in [0.1, 0.15) is 0 Å². The van der Waals surface area contributed by atoms with E-state index in [9.17, 15) is 4.39 Å². The number of hydrogen-bond acceptors (Lipinski definition) is 3. The van der Waals surface area contributed by atoms with Crippen LogP contribution < -0.4 is 15.4 Å². The second kappa shape index (κ2) is 11.4. The van der Waals surface area contributed by atoms with E-state index in [-0.39, 0.29) is 5.82 Å². The Labute approximate surface area is 175 Å². The Morgan fingerprint density at radius 2 is 1.90 bits per heavy atom. The number of benzene rings is 1. The Kier molecular flexibility index (Phi) is 8.59. The minimum atomic E-state index is -0.326. The molecule has 162 valence electrons. The zero-order valence-electron chi connectivity index (χ0n) is 18.1. The summed E-state index contributed by atoms with van der Waals surface area (Å²) in [5, 5.41) is 6.92. The highest BCUT2D eigenvalue weighted by Gasteiger charge is 2.26. The summed E-state index contributed by atoms with van der Waals surface area (Å²) in [6.07, 6.45) is 9.26. The third-order valence-corrected chi connectivity index (χ3v) is 6.02. The quantitative estimate of drug-likeness (QED) is 0.531. The van der Waals surface area contributed by atoms with Gasteiger partial charge in [-0.05, 0) is 57.2 Å². The normalized spacial score (nSPS) is 19.9. The average Bonchev–Trinajstić information content (AvgIpc) is 2.75. The zero-order valence-corrected chi connectivity index (χ0v) is 18.1. The maximum Gasteiger partial charge on any atom is 0.191 e. The Morgan fingerprint density at radius 1 is 1.14 bits per heavy atom.